The van der Waals surface area contributed by atoms with Crippen LogP contribution in [0, 0.1) is 6.92 Å². The van der Waals surface area contributed by atoms with Gasteiger partial charge in [0, 0.05) is 34.9 Å². The number of benzene rings is 4. The molecule has 4 aromatic carbocycles. The molecule has 0 unspecified atom stereocenters. The van der Waals surface area contributed by atoms with Crippen LogP contribution in [0.4, 0.5) is 23.0 Å². The molecule has 1 aliphatic heterocycles. The van der Waals surface area contributed by atoms with Gasteiger partial charge in [-0.3, -0.25) is 14.3 Å². The molecule has 13 nitrogen and oxygen atoms in total. The Hall–Kier alpha value is -5.73. The monoisotopic (exact) mass is 779 g/mol. The van der Waals surface area contributed by atoms with Crippen molar-refractivity contribution in [3.63, 3.8) is 0 Å². The molecule has 0 atom stereocenters. The molecule has 0 saturated carbocycles. The molecule has 1 fully saturated rings. The van der Waals surface area contributed by atoms with Crippen LogP contribution in [-0.4, -0.2) is 81.8 Å². The molecule has 1 aromatic heterocycles. The molecule has 294 valence electrons. The Morgan fingerprint density at radius 2 is 1.62 bits per heavy atom. The van der Waals surface area contributed by atoms with Gasteiger partial charge < -0.3 is 30.3 Å². The quantitative estimate of drug-likeness (QED) is 0.109. The Morgan fingerprint density at radius 1 is 0.893 bits per heavy atom. The topological polar surface area (TPSA) is 164 Å². The van der Waals surface area contributed by atoms with Gasteiger partial charge in [0.25, 0.3) is 11.8 Å². The predicted molar refractivity (Wildman–Crippen MR) is 222 cm³/mol. The van der Waals surface area contributed by atoms with Crippen LogP contribution in [0.2, 0.25) is 0 Å². The SMILES string of the molecule is COc1cc(Nc2ncc3cc(-c4cc(C(=O)Nc5cc(C(C)(C)C)cc(NS(C)(=O)=O)c5OC)ccc4C)ccc3n2)ccc1C(=O)NC1CCN(C)CC1. The lowest BCUT2D eigenvalue weighted by Crippen LogP contribution is -2.43. The lowest BCUT2D eigenvalue weighted by atomic mass is 9.86. The van der Waals surface area contributed by atoms with E-state index in [9.17, 15) is 18.0 Å². The summed E-state index contributed by atoms with van der Waals surface area (Å²) < 4.78 is 38.1. The third-order valence-electron chi connectivity index (χ3n) is 9.85. The third kappa shape index (κ3) is 9.37. The summed E-state index contributed by atoms with van der Waals surface area (Å²) in [5.41, 5.74) is 5.97. The van der Waals surface area contributed by atoms with Crippen LogP contribution < -0.4 is 30.1 Å². The Morgan fingerprint density at radius 3 is 2.30 bits per heavy atom. The number of amides is 2. The smallest absolute Gasteiger partial charge is 0.255 e. The van der Waals surface area contributed by atoms with E-state index < -0.39 is 10.0 Å². The number of fused-ring (bicyclic) bond motifs is 1. The molecular formula is C42H49N7O6S. The van der Waals surface area contributed by atoms with Crippen LogP contribution in [0.5, 0.6) is 11.5 Å². The van der Waals surface area contributed by atoms with Gasteiger partial charge in [-0.15, -0.1) is 0 Å². The summed E-state index contributed by atoms with van der Waals surface area (Å²) in [4.78, 5) is 38.4. The first-order valence-corrected chi connectivity index (χ1v) is 20.2. The Bertz CT molecular complexity index is 2400. The molecule has 1 aliphatic rings. The number of anilines is 4. The highest BCUT2D eigenvalue weighted by Gasteiger charge is 2.24. The number of carbonyl (C=O) groups is 2. The second-order valence-corrected chi connectivity index (χ2v) is 17.0. The van der Waals surface area contributed by atoms with Crippen molar-refractivity contribution < 1.29 is 27.5 Å². The Labute approximate surface area is 328 Å². The molecule has 4 N–H and O–H groups in total. The fourth-order valence-electron chi connectivity index (χ4n) is 6.68. The van der Waals surface area contributed by atoms with Crippen LogP contribution >= 0.6 is 0 Å². The van der Waals surface area contributed by atoms with E-state index in [1.54, 1.807) is 49.7 Å². The number of hydrogen-bond acceptors (Lipinski definition) is 10. The number of aromatic nitrogens is 2. The van der Waals surface area contributed by atoms with Crippen LogP contribution in [0.1, 0.15) is 65.5 Å². The van der Waals surface area contributed by atoms with Gasteiger partial charge in [0.05, 0.1) is 42.9 Å². The van der Waals surface area contributed by atoms with E-state index in [0.717, 1.165) is 59.8 Å². The van der Waals surface area contributed by atoms with Gasteiger partial charge in [-0.2, -0.15) is 0 Å². The van der Waals surface area contributed by atoms with Crippen LogP contribution in [0.3, 0.4) is 0 Å². The number of piperidine rings is 1. The fraction of sp³-hybridized carbons (Fsp3) is 0.333. The molecule has 0 radical (unpaired) electrons. The zero-order chi connectivity index (χ0) is 40.4. The second-order valence-electron chi connectivity index (χ2n) is 15.3. The average molecular weight is 780 g/mol. The van der Waals surface area contributed by atoms with Gasteiger partial charge in [0.1, 0.15) is 5.75 Å². The van der Waals surface area contributed by atoms with Gasteiger partial charge >= 0.3 is 0 Å². The molecular weight excluding hydrogens is 731 g/mol. The number of rotatable bonds is 11. The zero-order valence-electron chi connectivity index (χ0n) is 33.0. The summed E-state index contributed by atoms with van der Waals surface area (Å²) in [5.74, 6) is 0.485. The number of hydrogen-bond donors (Lipinski definition) is 4. The number of carbonyl (C=O) groups excluding carboxylic acids is 2. The van der Waals surface area contributed by atoms with E-state index in [4.69, 9.17) is 14.5 Å². The maximum Gasteiger partial charge on any atom is 0.255 e. The minimum absolute atomic E-state index is 0.134. The number of aryl methyl sites for hydroxylation is 1. The molecule has 5 aromatic rings. The number of methoxy groups -OCH3 is 2. The molecule has 1 saturated heterocycles. The van der Waals surface area contributed by atoms with Crippen molar-refractivity contribution in [2.24, 2.45) is 0 Å². The van der Waals surface area contributed by atoms with Crippen molar-refractivity contribution in [1.82, 2.24) is 20.2 Å². The second kappa shape index (κ2) is 16.2. The van der Waals surface area contributed by atoms with Gasteiger partial charge in [-0.05, 0) is 116 Å². The van der Waals surface area contributed by atoms with Gasteiger partial charge in [-0.1, -0.05) is 32.9 Å². The molecule has 6 rings (SSSR count). The standard InChI is InChI=1S/C42H49N7O6S/c1-25-9-10-27(39(50)46-35-21-29(42(2,3)4)22-36(38(35)55-7)48-56(8,52)53)20-33(25)26-11-14-34-28(19-26)24-43-41(47-34)45-31-12-13-32(37(23-31)54-6)40(51)44-30-15-17-49(5)18-16-30/h9-14,19-24,30,48H,15-18H2,1-8H3,(H,44,51)(H,46,50)(H,43,45,47). The predicted octanol–water partition coefficient (Wildman–Crippen LogP) is 7.11. The number of nitrogens with zero attached hydrogens (tertiary/aromatic N) is 3. The summed E-state index contributed by atoms with van der Waals surface area (Å²) in [6.45, 7) is 9.87. The van der Waals surface area contributed by atoms with Crippen molar-refractivity contribution in [3.05, 3.63) is 95.2 Å². The highest BCUT2D eigenvalue weighted by atomic mass is 32.2. The normalized spacial score (nSPS) is 13.9. The van der Waals surface area contributed by atoms with Gasteiger partial charge in [0.15, 0.2) is 5.75 Å². The van der Waals surface area contributed by atoms with Crippen molar-refractivity contribution in [2.45, 2.75) is 52.0 Å². The number of sulfonamides is 1. The highest BCUT2D eigenvalue weighted by Crippen LogP contribution is 2.39. The summed E-state index contributed by atoms with van der Waals surface area (Å²) in [7, 11) is 1.43. The molecule has 0 spiro atoms. The summed E-state index contributed by atoms with van der Waals surface area (Å²) in [6, 6.07) is 20.2. The number of nitrogens with one attached hydrogen (secondary N) is 4. The molecule has 0 aliphatic carbocycles. The van der Waals surface area contributed by atoms with E-state index in [2.05, 4.69) is 37.6 Å². The number of likely N-dealkylation sites (tertiary alicyclic amines) is 1. The lowest BCUT2D eigenvalue weighted by Gasteiger charge is -2.29. The third-order valence-corrected chi connectivity index (χ3v) is 10.4. The first-order chi connectivity index (χ1) is 26.5. The first kappa shape index (κ1) is 39.9. The minimum Gasteiger partial charge on any atom is -0.496 e. The minimum atomic E-state index is -3.63. The molecule has 2 amide bonds. The molecule has 56 heavy (non-hydrogen) atoms. The van der Waals surface area contributed by atoms with Gasteiger partial charge in [0.2, 0.25) is 16.0 Å². The maximum atomic E-state index is 13.8. The largest absolute Gasteiger partial charge is 0.496 e. The average Bonchev–Trinajstić information content (AvgIpc) is 3.14. The van der Waals surface area contributed by atoms with E-state index >= 15 is 0 Å². The maximum absolute atomic E-state index is 13.8. The van der Waals surface area contributed by atoms with Crippen LogP contribution in [0.15, 0.2) is 72.9 Å². The lowest BCUT2D eigenvalue weighted by molar-refractivity contribution is 0.0913. The van der Waals surface area contributed by atoms with Crippen molar-refractivity contribution in [2.75, 3.05) is 56.0 Å². The van der Waals surface area contributed by atoms with Crippen LogP contribution in [-0.2, 0) is 15.4 Å². The number of ether oxygens (including phenoxy) is 2. The Kier molecular flexibility index (Phi) is 11.5. The van der Waals surface area contributed by atoms with Crippen LogP contribution in [0.25, 0.3) is 22.0 Å². The molecule has 14 heteroatoms. The van der Waals surface area contributed by atoms with Gasteiger partial charge in [-0.25, -0.2) is 18.4 Å². The van der Waals surface area contributed by atoms with E-state index in [1.807, 2.05) is 58.0 Å². The Balaban J connectivity index is 1.20. The van der Waals surface area contributed by atoms with E-state index in [1.165, 1.54) is 7.11 Å². The van der Waals surface area contributed by atoms with Crippen molar-refractivity contribution >= 4 is 55.8 Å². The summed E-state index contributed by atoms with van der Waals surface area (Å²) in [5, 5.41) is 10.1. The summed E-state index contributed by atoms with van der Waals surface area (Å²) in [6.07, 6.45) is 4.62. The zero-order valence-corrected chi connectivity index (χ0v) is 33.8. The highest BCUT2D eigenvalue weighted by molar-refractivity contribution is 7.92. The fourth-order valence-corrected chi connectivity index (χ4v) is 7.23. The molecule has 0 bridgehead atoms. The summed E-state index contributed by atoms with van der Waals surface area (Å²) >= 11 is 0. The van der Waals surface area contributed by atoms with Crippen molar-refractivity contribution in [3.8, 4) is 22.6 Å². The van der Waals surface area contributed by atoms with E-state index in [0.29, 0.717) is 39.7 Å². The van der Waals surface area contributed by atoms with E-state index in [-0.39, 0.29) is 34.7 Å². The van der Waals surface area contributed by atoms with Crippen molar-refractivity contribution in [1.29, 1.82) is 0 Å². The first-order valence-electron chi connectivity index (χ1n) is 18.4. The molecule has 2 heterocycles.